The highest BCUT2D eigenvalue weighted by molar-refractivity contribution is 5.85. The largest absolute Gasteiger partial charge is 0.489 e. The second-order valence-corrected chi connectivity index (χ2v) is 7.39. The van der Waals surface area contributed by atoms with Crippen molar-refractivity contribution in [1.82, 2.24) is 9.88 Å². The number of ether oxygens (including phenoxy) is 1. The van der Waals surface area contributed by atoms with Crippen LogP contribution in [-0.4, -0.2) is 11.1 Å². The van der Waals surface area contributed by atoms with Crippen LogP contribution >= 0.6 is 12.4 Å². The minimum absolute atomic E-state index is 0. The molecule has 0 unspecified atom stereocenters. The van der Waals surface area contributed by atoms with Gasteiger partial charge in [0.15, 0.2) is 0 Å². The Labute approximate surface area is 180 Å². The topological polar surface area (TPSA) is 56.4 Å². The molecule has 1 aliphatic rings. The number of nitrogens with zero attached hydrogens (tertiary/aromatic N) is 1. The highest BCUT2D eigenvalue weighted by atomic mass is 35.5. The monoisotopic (exact) mass is 422 g/mol. The first-order valence-corrected chi connectivity index (χ1v) is 9.87. The fourth-order valence-electron chi connectivity index (χ4n) is 3.98. The van der Waals surface area contributed by atoms with E-state index in [2.05, 4.69) is 12.2 Å². The minimum atomic E-state index is -0.138. The molecule has 0 spiro atoms. The number of pyridine rings is 1. The van der Waals surface area contributed by atoms with Crippen LogP contribution in [0.2, 0.25) is 0 Å². The Bertz CT molecular complexity index is 1230. The first-order chi connectivity index (χ1) is 14.2. The van der Waals surface area contributed by atoms with Gasteiger partial charge in [0.25, 0.3) is 5.56 Å². The van der Waals surface area contributed by atoms with Crippen LogP contribution in [0.4, 0.5) is 0 Å². The van der Waals surface area contributed by atoms with Gasteiger partial charge in [-0.25, -0.2) is 0 Å². The summed E-state index contributed by atoms with van der Waals surface area (Å²) in [7, 11) is 0. The molecule has 0 saturated heterocycles. The van der Waals surface area contributed by atoms with Crippen LogP contribution in [-0.2, 0) is 13.0 Å². The first-order valence-electron chi connectivity index (χ1n) is 9.87. The third kappa shape index (κ3) is 3.74. The molecule has 3 heterocycles. The average Bonchev–Trinajstić information content (AvgIpc) is 3.12. The van der Waals surface area contributed by atoms with E-state index >= 15 is 0 Å². The number of aromatic nitrogens is 1. The van der Waals surface area contributed by atoms with Crippen LogP contribution in [0.1, 0.15) is 29.9 Å². The molecule has 4 aromatic rings. The Balaban J connectivity index is 0.00000218. The highest BCUT2D eigenvalue weighted by Crippen LogP contribution is 2.34. The maximum atomic E-state index is 12.7. The summed E-state index contributed by atoms with van der Waals surface area (Å²) in [6.45, 7) is 3.50. The molecule has 0 bridgehead atoms. The molecule has 2 aromatic heterocycles. The molecule has 0 saturated carbocycles. The zero-order chi connectivity index (χ0) is 19.8. The molecule has 154 valence electrons. The third-order valence-corrected chi connectivity index (χ3v) is 5.44. The van der Waals surface area contributed by atoms with Crippen LogP contribution in [0, 0.1) is 0 Å². The predicted octanol–water partition coefficient (Wildman–Crippen LogP) is 4.79. The van der Waals surface area contributed by atoms with Crippen LogP contribution in [0.5, 0.6) is 5.75 Å². The quantitative estimate of drug-likeness (QED) is 0.513. The highest BCUT2D eigenvalue weighted by Gasteiger charge is 2.23. The number of halogens is 1. The van der Waals surface area contributed by atoms with E-state index in [1.165, 1.54) is 11.6 Å². The van der Waals surface area contributed by atoms with E-state index in [0.717, 1.165) is 40.9 Å². The van der Waals surface area contributed by atoms with Crippen LogP contribution in [0.25, 0.3) is 16.7 Å². The lowest BCUT2D eigenvalue weighted by atomic mass is 9.99. The van der Waals surface area contributed by atoms with Crippen molar-refractivity contribution in [1.29, 1.82) is 0 Å². The van der Waals surface area contributed by atoms with E-state index in [-0.39, 0.29) is 24.0 Å². The van der Waals surface area contributed by atoms with E-state index in [9.17, 15) is 4.79 Å². The Morgan fingerprint density at radius 2 is 1.97 bits per heavy atom. The van der Waals surface area contributed by atoms with Crippen molar-refractivity contribution in [2.75, 3.05) is 6.54 Å². The molecule has 6 heteroatoms. The molecule has 2 aromatic carbocycles. The molecule has 5 nitrogen and oxygen atoms in total. The van der Waals surface area contributed by atoms with Crippen molar-refractivity contribution in [3.8, 4) is 11.4 Å². The molecule has 5 rings (SSSR count). The number of fused-ring (bicyclic) bond motifs is 3. The molecule has 1 aliphatic heterocycles. The van der Waals surface area contributed by atoms with Crippen molar-refractivity contribution in [2.24, 2.45) is 0 Å². The van der Waals surface area contributed by atoms with Crippen LogP contribution in [0.15, 0.2) is 76.1 Å². The van der Waals surface area contributed by atoms with Gasteiger partial charge in [0.05, 0.1) is 5.69 Å². The molecule has 0 fully saturated rings. The molecule has 1 N–H and O–H groups in total. The van der Waals surface area contributed by atoms with E-state index in [1.54, 1.807) is 10.8 Å². The number of rotatable bonds is 4. The molecule has 0 amide bonds. The number of nitrogens with one attached hydrogen (secondary N) is 1. The molecule has 0 radical (unpaired) electrons. The summed E-state index contributed by atoms with van der Waals surface area (Å²) < 4.78 is 13.5. The van der Waals surface area contributed by atoms with Crippen LogP contribution < -0.4 is 15.6 Å². The second-order valence-electron chi connectivity index (χ2n) is 7.39. The van der Waals surface area contributed by atoms with Gasteiger partial charge < -0.3 is 14.5 Å². The van der Waals surface area contributed by atoms with Gasteiger partial charge in [-0.2, -0.15) is 0 Å². The normalized spacial score (nSPS) is 15.4. The van der Waals surface area contributed by atoms with Gasteiger partial charge in [-0.15, -0.1) is 12.4 Å². The zero-order valence-corrected chi connectivity index (χ0v) is 17.4. The van der Waals surface area contributed by atoms with E-state index in [0.29, 0.717) is 12.4 Å². The fraction of sp³-hybridized carbons (Fsp3) is 0.208. The summed E-state index contributed by atoms with van der Waals surface area (Å²) in [6.07, 6.45) is 2.63. The van der Waals surface area contributed by atoms with Gasteiger partial charge in [-0.05, 0) is 30.7 Å². The SMILES string of the molecule is C[C@@H]1NCCc2oc3cc(-n4ccc(OCc5ccccc5)cc4=O)ccc3c21.Cl. The smallest absolute Gasteiger partial charge is 0.258 e. The number of hydrogen-bond donors (Lipinski definition) is 1. The Hall–Kier alpha value is -3.02. The number of furan rings is 1. The molecule has 30 heavy (non-hydrogen) atoms. The zero-order valence-electron chi connectivity index (χ0n) is 16.6. The maximum absolute atomic E-state index is 12.7. The molecular formula is C24H23ClN2O3. The van der Waals surface area contributed by atoms with Gasteiger partial charge in [0.1, 0.15) is 23.7 Å². The van der Waals surface area contributed by atoms with Crippen molar-refractivity contribution >= 4 is 23.4 Å². The van der Waals surface area contributed by atoms with Gasteiger partial charge in [0.2, 0.25) is 0 Å². The summed E-state index contributed by atoms with van der Waals surface area (Å²) in [5.74, 6) is 1.60. The number of benzene rings is 2. The lowest BCUT2D eigenvalue weighted by Crippen LogP contribution is -2.26. The van der Waals surface area contributed by atoms with E-state index in [1.807, 2.05) is 54.6 Å². The second kappa shape index (κ2) is 8.38. The van der Waals surface area contributed by atoms with Crippen molar-refractivity contribution in [3.05, 3.63) is 94.1 Å². The van der Waals surface area contributed by atoms with Crippen molar-refractivity contribution in [2.45, 2.75) is 26.0 Å². The molecular weight excluding hydrogens is 400 g/mol. The first kappa shape index (κ1) is 20.3. The Morgan fingerprint density at radius 1 is 1.13 bits per heavy atom. The van der Waals surface area contributed by atoms with Crippen molar-refractivity contribution < 1.29 is 9.15 Å². The number of hydrogen-bond acceptors (Lipinski definition) is 4. The maximum Gasteiger partial charge on any atom is 0.258 e. The van der Waals surface area contributed by atoms with E-state index in [4.69, 9.17) is 9.15 Å². The Morgan fingerprint density at radius 3 is 2.77 bits per heavy atom. The van der Waals surface area contributed by atoms with Gasteiger partial charge in [0, 0.05) is 48.3 Å². The summed E-state index contributed by atoms with van der Waals surface area (Å²) in [4.78, 5) is 12.7. The summed E-state index contributed by atoms with van der Waals surface area (Å²) in [5.41, 5.74) is 3.76. The average molecular weight is 423 g/mol. The summed E-state index contributed by atoms with van der Waals surface area (Å²) >= 11 is 0. The minimum Gasteiger partial charge on any atom is -0.489 e. The summed E-state index contributed by atoms with van der Waals surface area (Å²) in [5, 5.41) is 4.58. The lowest BCUT2D eigenvalue weighted by molar-refractivity contribution is 0.305. The predicted molar refractivity (Wildman–Crippen MR) is 120 cm³/mol. The van der Waals surface area contributed by atoms with Gasteiger partial charge in [-0.1, -0.05) is 30.3 Å². The van der Waals surface area contributed by atoms with Gasteiger partial charge >= 0.3 is 0 Å². The van der Waals surface area contributed by atoms with Crippen molar-refractivity contribution in [3.63, 3.8) is 0 Å². The molecule has 0 aliphatic carbocycles. The van der Waals surface area contributed by atoms with E-state index < -0.39 is 0 Å². The lowest BCUT2D eigenvalue weighted by Gasteiger charge is -2.19. The van der Waals surface area contributed by atoms with Gasteiger partial charge in [-0.3, -0.25) is 9.36 Å². The third-order valence-electron chi connectivity index (χ3n) is 5.44. The molecule has 1 atom stereocenters. The van der Waals surface area contributed by atoms with Crippen LogP contribution in [0.3, 0.4) is 0 Å². The summed E-state index contributed by atoms with van der Waals surface area (Å²) in [6, 6.07) is 19.4. The Kier molecular flexibility index (Phi) is 5.66. The standard InChI is InChI=1S/C24H22N2O3.ClH/c1-16-24-20-8-7-18(13-22(20)29-21(24)9-11-25-16)26-12-10-19(14-23(26)27)28-15-17-5-3-2-4-6-17;/h2-8,10,12-14,16,25H,9,11,15H2,1H3;1H/t16-;/m0./s1. The fourth-order valence-corrected chi connectivity index (χ4v) is 3.98.